The smallest absolute Gasteiger partial charge is 0.263 e. The summed E-state index contributed by atoms with van der Waals surface area (Å²) < 4.78 is 0. The molecule has 2 fully saturated rings. The zero-order valence-corrected chi connectivity index (χ0v) is 18.8. The summed E-state index contributed by atoms with van der Waals surface area (Å²) in [7, 11) is 1.79. The fourth-order valence-electron chi connectivity index (χ4n) is 4.73. The highest BCUT2D eigenvalue weighted by Gasteiger charge is 2.32. The quantitative estimate of drug-likeness (QED) is 0.539. The fourth-order valence-corrected chi connectivity index (χ4v) is 5.83. The number of thiophene rings is 1. The molecule has 2 saturated heterocycles. The van der Waals surface area contributed by atoms with Crippen LogP contribution in [0.15, 0.2) is 36.4 Å². The van der Waals surface area contributed by atoms with Crippen molar-refractivity contribution in [2.45, 2.75) is 31.3 Å². The Kier molecular flexibility index (Phi) is 5.68. The molecule has 4 heterocycles. The van der Waals surface area contributed by atoms with Crippen molar-refractivity contribution < 1.29 is 4.79 Å². The summed E-state index contributed by atoms with van der Waals surface area (Å²) in [4.78, 5) is 20.9. The highest BCUT2D eigenvalue weighted by Crippen LogP contribution is 2.34. The molecule has 5 rings (SSSR count). The van der Waals surface area contributed by atoms with Crippen LogP contribution in [0.1, 0.15) is 33.8 Å². The average molecular weight is 447 g/mol. The maximum atomic E-state index is 12.8. The molecular formula is C24H26N6OS. The summed E-state index contributed by atoms with van der Waals surface area (Å²) in [6, 6.07) is 15.5. The minimum Gasteiger partial charge on any atom is -0.386 e. The summed E-state index contributed by atoms with van der Waals surface area (Å²) in [6.07, 6.45) is 3.34. The molecule has 2 aliphatic rings. The molecule has 2 atom stereocenters. The van der Waals surface area contributed by atoms with E-state index in [2.05, 4.69) is 50.1 Å². The van der Waals surface area contributed by atoms with Gasteiger partial charge in [-0.25, -0.2) is 4.98 Å². The van der Waals surface area contributed by atoms with E-state index in [1.54, 1.807) is 13.1 Å². The number of hydrogen-bond donors (Lipinski definition) is 3. The molecule has 0 saturated carbocycles. The first kappa shape index (κ1) is 20.7. The van der Waals surface area contributed by atoms with E-state index in [1.165, 1.54) is 35.4 Å². The third-order valence-electron chi connectivity index (χ3n) is 6.34. The Hall–Kier alpha value is -3.15. The molecule has 2 aliphatic heterocycles. The van der Waals surface area contributed by atoms with Gasteiger partial charge in [-0.15, -0.1) is 11.3 Å². The van der Waals surface area contributed by atoms with E-state index in [-0.39, 0.29) is 5.91 Å². The van der Waals surface area contributed by atoms with Crippen LogP contribution < -0.4 is 20.9 Å². The monoisotopic (exact) mass is 446 g/mol. The number of pyridine rings is 1. The second-order valence-electron chi connectivity index (χ2n) is 8.43. The van der Waals surface area contributed by atoms with E-state index < -0.39 is 0 Å². The predicted octanol–water partition coefficient (Wildman–Crippen LogP) is 3.12. The van der Waals surface area contributed by atoms with E-state index in [1.807, 2.05) is 12.1 Å². The number of carbonyl (C=O) groups excluding carboxylic acids is 1. The maximum absolute atomic E-state index is 12.8. The Balaban J connectivity index is 1.20. The van der Waals surface area contributed by atoms with E-state index in [9.17, 15) is 4.79 Å². The average Bonchev–Trinajstić information content (AvgIpc) is 3.37. The van der Waals surface area contributed by atoms with Gasteiger partial charge in [-0.3, -0.25) is 4.79 Å². The lowest BCUT2D eigenvalue weighted by Crippen LogP contribution is -2.51. The fraction of sp³-hybridized carbons (Fsp3) is 0.375. The van der Waals surface area contributed by atoms with Crippen molar-refractivity contribution in [3.63, 3.8) is 0 Å². The van der Waals surface area contributed by atoms with Crippen molar-refractivity contribution in [2.24, 2.45) is 0 Å². The number of nitrogens with one attached hydrogen (secondary N) is 3. The van der Waals surface area contributed by atoms with Crippen LogP contribution >= 0.6 is 11.3 Å². The van der Waals surface area contributed by atoms with Crippen LogP contribution in [-0.4, -0.2) is 49.7 Å². The number of benzene rings is 1. The van der Waals surface area contributed by atoms with Gasteiger partial charge in [0.2, 0.25) is 0 Å². The Morgan fingerprint density at radius 2 is 1.97 bits per heavy atom. The highest BCUT2D eigenvalue weighted by molar-refractivity contribution is 7.21. The molecule has 1 aromatic carbocycles. The van der Waals surface area contributed by atoms with Crippen LogP contribution in [0, 0.1) is 11.3 Å². The summed E-state index contributed by atoms with van der Waals surface area (Å²) in [5.74, 6) is -0.122. The Morgan fingerprint density at radius 1 is 1.22 bits per heavy atom. The lowest BCUT2D eigenvalue weighted by Gasteiger charge is -2.34. The van der Waals surface area contributed by atoms with Gasteiger partial charge >= 0.3 is 0 Å². The van der Waals surface area contributed by atoms with Crippen LogP contribution in [0.4, 0.5) is 11.4 Å². The second-order valence-corrected chi connectivity index (χ2v) is 9.43. The number of aromatic nitrogens is 1. The summed E-state index contributed by atoms with van der Waals surface area (Å²) in [5, 5.41) is 19.7. The number of rotatable bonds is 6. The van der Waals surface area contributed by atoms with Crippen molar-refractivity contribution in [1.82, 2.24) is 15.6 Å². The third-order valence-corrected chi connectivity index (χ3v) is 7.44. The van der Waals surface area contributed by atoms with E-state index in [0.717, 1.165) is 30.6 Å². The molecule has 7 nitrogen and oxygen atoms in total. The first-order valence-corrected chi connectivity index (χ1v) is 11.9. The molecule has 164 valence electrons. The van der Waals surface area contributed by atoms with Crippen molar-refractivity contribution in [1.29, 1.82) is 5.26 Å². The Bertz CT molecular complexity index is 1170. The summed E-state index contributed by atoms with van der Waals surface area (Å²) >= 11 is 1.31. The first-order chi connectivity index (χ1) is 15.6. The summed E-state index contributed by atoms with van der Waals surface area (Å²) in [5.41, 5.74) is 3.60. The molecule has 0 aliphatic carbocycles. The van der Waals surface area contributed by atoms with Crippen LogP contribution in [-0.2, 0) is 6.42 Å². The molecule has 8 heteroatoms. The molecule has 1 amide bonds. The molecule has 0 spiro atoms. The number of nitriles is 1. The minimum absolute atomic E-state index is 0.122. The zero-order chi connectivity index (χ0) is 22.1. The number of carbonyl (C=O) groups is 1. The molecule has 0 radical (unpaired) electrons. The molecule has 2 bridgehead atoms. The molecule has 2 aromatic heterocycles. The van der Waals surface area contributed by atoms with Crippen LogP contribution in [0.5, 0.6) is 0 Å². The molecular weight excluding hydrogens is 420 g/mol. The molecule has 32 heavy (non-hydrogen) atoms. The largest absolute Gasteiger partial charge is 0.386 e. The zero-order valence-electron chi connectivity index (χ0n) is 18.0. The van der Waals surface area contributed by atoms with Gasteiger partial charge in [0.05, 0.1) is 5.69 Å². The second kappa shape index (κ2) is 8.77. The Labute approximate surface area is 191 Å². The van der Waals surface area contributed by atoms with Gasteiger partial charge in [0.15, 0.2) is 0 Å². The van der Waals surface area contributed by atoms with Gasteiger partial charge in [-0.05, 0) is 49.1 Å². The van der Waals surface area contributed by atoms with Gasteiger partial charge in [-0.1, -0.05) is 12.1 Å². The van der Waals surface area contributed by atoms with Gasteiger partial charge in [0.1, 0.15) is 21.5 Å². The number of hydrogen-bond acceptors (Lipinski definition) is 7. The number of fused-ring (bicyclic) bond motifs is 3. The van der Waals surface area contributed by atoms with Gasteiger partial charge < -0.3 is 20.9 Å². The standard InChI is InChI=1S/C24H26N6OS/c1-26-21-20-9-6-16(12-25)29-24(20)32-22(21)23(31)27-11-10-15-2-7-19(8-3-15)30-13-17-4-5-18(14-30)28-17/h2-3,6-9,17-18,26,28H,4-5,10-11,13-14H2,1H3,(H,27,31)/t17-,18+. The number of anilines is 2. The van der Waals surface area contributed by atoms with Gasteiger partial charge in [0.25, 0.3) is 5.91 Å². The van der Waals surface area contributed by atoms with Crippen LogP contribution in [0.3, 0.4) is 0 Å². The molecule has 3 N–H and O–H groups in total. The normalized spacial score (nSPS) is 19.7. The van der Waals surface area contributed by atoms with Crippen molar-refractivity contribution >= 4 is 38.8 Å². The van der Waals surface area contributed by atoms with Crippen molar-refractivity contribution in [2.75, 3.05) is 36.9 Å². The number of piperazine rings is 1. The maximum Gasteiger partial charge on any atom is 0.263 e. The van der Waals surface area contributed by atoms with E-state index in [4.69, 9.17) is 5.26 Å². The first-order valence-electron chi connectivity index (χ1n) is 11.0. The van der Waals surface area contributed by atoms with Gasteiger partial charge in [0, 0.05) is 49.8 Å². The SMILES string of the molecule is CNc1c(C(=O)NCCc2ccc(N3C[C@H]4CC[C@@H](C3)N4)cc2)sc2nc(C#N)ccc12. The lowest BCUT2D eigenvalue weighted by atomic mass is 10.1. The van der Waals surface area contributed by atoms with E-state index in [0.29, 0.717) is 34.0 Å². The van der Waals surface area contributed by atoms with E-state index >= 15 is 0 Å². The summed E-state index contributed by atoms with van der Waals surface area (Å²) in [6.45, 7) is 2.73. The predicted molar refractivity (Wildman–Crippen MR) is 129 cm³/mol. The third kappa shape index (κ3) is 4.01. The van der Waals surface area contributed by atoms with Crippen molar-refractivity contribution in [3.05, 3.63) is 52.5 Å². The molecule has 3 aromatic rings. The highest BCUT2D eigenvalue weighted by atomic mass is 32.1. The topological polar surface area (TPSA) is 93.1 Å². The van der Waals surface area contributed by atoms with Crippen molar-refractivity contribution in [3.8, 4) is 6.07 Å². The lowest BCUT2D eigenvalue weighted by molar-refractivity contribution is 0.0959. The molecule has 0 unspecified atom stereocenters. The number of nitrogens with zero attached hydrogens (tertiary/aromatic N) is 3. The van der Waals surface area contributed by atoms with Crippen LogP contribution in [0.2, 0.25) is 0 Å². The van der Waals surface area contributed by atoms with Crippen LogP contribution in [0.25, 0.3) is 10.2 Å². The minimum atomic E-state index is -0.122. The number of amides is 1. The Morgan fingerprint density at radius 3 is 2.66 bits per heavy atom. The van der Waals surface area contributed by atoms with Gasteiger partial charge in [-0.2, -0.15) is 5.26 Å².